The molecule has 0 radical (unpaired) electrons. The number of carbonyl (C=O) groups excluding carboxylic acids is 1. The first-order valence-electron chi connectivity index (χ1n) is 9.59. The maximum absolute atomic E-state index is 13.4. The van der Waals surface area contributed by atoms with Crippen LogP contribution in [0.3, 0.4) is 0 Å². The molecule has 1 aliphatic heterocycles. The van der Waals surface area contributed by atoms with Crippen LogP contribution in [0, 0.1) is 6.92 Å². The molecule has 1 aromatic heterocycles. The molecule has 1 fully saturated rings. The predicted molar refractivity (Wildman–Crippen MR) is 114 cm³/mol. The van der Waals surface area contributed by atoms with Gasteiger partial charge in [0.15, 0.2) is 0 Å². The Balaban J connectivity index is 1.86. The number of hydrogen-bond acceptors (Lipinski definition) is 2. The van der Waals surface area contributed by atoms with E-state index in [9.17, 15) is 4.79 Å². The molecule has 0 spiro atoms. The number of carbonyl (C=O) groups is 1. The van der Waals surface area contributed by atoms with Crippen LogP contribution >= 0.6 is 15.9 Å². The molecule has 1 amide bonds. The normalized spacial score (nSPS) is 15.0. The molecule has 2 aromatic carbocycles. The second-order valence-electron chi connectivity index (χ2n) is 7.24. The second kappa shape index (κ2) is 7.81. The number of aryl methyl sites for hydroxylation is 1. The van der Waals surface area contributed by atoms with Crippen LogP contribution in [0.2, 0.25) is 0 Å². The van der Waals surface area contributed by atoms with E-state index in [0.29, 0.717) is 0 Å². The van der Waals surface area contributed by atoms with E-state index in [2.05, 4.69) is 28.9 Å². The monoisotopic (exact) mass is 422 g/mol. The first kappa shape index (κ1) is 18.2. The average molecular weight is 423 g/mol. The lowest BCUT2D eigenvalue weighted by Crippen LogP contribution is -2.32. The summed E-state index contributed by atoms with van der Waals surface area (Å²) in [5.74, 6) is 0.133. The Hall–Kier alpha value is -2.20. The van der Waals surface area contributed by atoms with Crippen LogP contribution in [-0.2, 0) is 0 Å². The van der Waals surface area contributed by atoms with E-state index in [-0.39, 0.29) is 5.91 Å². The van der Waals surface area contributed by atoms with Crippen LogP contribution in [0.1, 0.15) is 41.6 Å². The van der Waals surface area contributed by atoms with Crippen molar-refractivity contribution < 1.29 is 4.79 Å². The Morgan fingerprint density at radius 2 is 1.70 bits per heavy atom. The summed E-state index contributed by atoms with van der Waals surface area (Å²) in [5.41, 5.74) is 4.65. The number of amides is 1. The summed E-state index contributed by atoms with van der Waals surface area (Å²) in [6.07, 6.45) is 4.61. The lowest BCUT2D eigenvalue weighted by atomic mass is 10.0. The molecule has 1 saturated heterocycles. The highest BCUT2D eigenvalue weighted by Gasteiger charge is 2.21. The molecule has 3 nitrogen and oxygen atoms in total. The molecule has 3 aromatic rings. The topological polar surface area (TPSA) is 33.2 Å². The van der Waals surface area contributed by atoms with E-state index >= 15 is 0 Å². The number of rotatable bonds is 2. The van der Waals surface area contributed by atoms with E-state index in [0.717, 1.165) is 63.7 Å². The fraction of sp³-hybridized carbons (Fsp3) is 0.304. The molecule has 2 heterocycles. The fourth-order valence-corrected chi connectivity index (χ4v) is 4.05. The molecular weight excluding hydrogens is 400 g/mol. The van der Waals surface area contributed by atoms with Gasteiger partial charge in [0.2, 0.25) is 0 Å². The zero-order valence-electron chi connectivity index (χ0n) is 15.5. The number of hydrogen-bond donors (Lipinski definition) is 0. The quantitative estimate of drug-likeness (QED) is 0.507. The summed E-state index contributed by atoms with van der Waals surface area (Å²) in [7, 11) is 0. The van der Waals surface area contributed by atoms with Gasteiger partial charge in [0.25, 0.3) is 5.91 Å². The Morgan fingerprint density at radius 3 is 2.41 bits per heavy atom. The van der Waals surface area contributed by atoms with Crippen molar-refractivity contribution in [1.82, 2.24) is 9.88 Å². The molecule has 0 saturated carbocycles. The molecule has 0 bridgehead atoms. The van der Waals surface area contributed by atoms with Crippen molar-refractivity contribution in [2.45, 2.75) is 32.6 Å². The second-order valence-corrected chi connectivity index (χ2v) is 8.16. The largest absolute Gasteiger partial charge is 0.339 e. The Morgan fingerprint density at radius 1 is 1.00 bits per heavy atom. The van der Waals surface area contributed by atoms with Crippen LogP contribution in [0.25, 0.3) is 22.2 Å². The maximum Gasteiger partial charge on any atom is 0.254 e. The molecule has 0 N–H and O–H groups in total. The van der Waals surface area contributed by atoms with Gasteiger partial charge in [-0.25, -0.2) is 4.98 Å². The van der Waals surface area contributed by atoms with Crippen molar-refractivity contribution in [3.63, 3.8) is 0 Å². The minimum atomic E-state index is 0.133. The molecule has 0 unspecified atom stereocenters. The number of likely N-dealkylation sites (tertiary alicyclic amines) is 1. The van der Waals surface area contributed by atoms with Crippen molar-refractivity contribution >= 4 is 32.7 Å². The van der Waals surface area contributed by atoms with E-state index in [4.69, 9.17) is 4.98 Å². The van der Waals surface area contributed by atoms with Gasteiger partial charge in [0, 0.05) is 28.5 Å². The summed E-state index contributed by atoms with van der Waals surface area (Å²) in [6.45, 7) is 3.76. The van der Waals surface area contributed by atoms with Gasteiger partial charge in [-0.3, -0.25) is 4.79 Å². The maximum atomic E-state index is 13.4. The van der Waals surface area contributed by atoms with Gasteiger partial charge in [-0.2, -0.15) is 0 Å². The highest BCUT2D eigenvalue weighted by atomic mass is 79.9. The summed E-state index contributed by atoms with van der Waals surface area (Å²) in [5, 5.41) is 0.949. The summed E-state index contributed by atoms with van der Waals surface area (Å²) in [4.78, 5) is 20.3. The summed E-state index contributed by atoms with van der Waals surface area (Å²) >= 11 is 3.49. The molecule has 4 rings (SSSR count). The lowest BCUT2D eigenvalue weighted by Gasteiger charge is -2.22. The molecule has 4 heteroatoms. The first-order valence-corrected chi connectivity index (χ1v) is 10.4. The minimum absolute atomic E-state index is 0.133. The molecular formula is C23H23BrN2O. The van der Waals surface area contributed by atoms with Crippen molar-refractivity contribution in [3.8, 4) is 11.3 Å². The molecule has 27 heavy (non-hydrogen) atoms. The van der Waals surface area contributed by atoms with E-state index in [1.54, 1.807) is 0 Å². The van der Waals surface area contributed by atoms with Gasteiger partial charge < -0.3 is 4.90 Å². The highest BCUT2D eigenvalue weighted by Crippen LogP contribution is 2.29. The molecule has 1 aliphatic rings. The third-order valence-corrected chi connectivity index (χ3v) is 5.83. The molecule has 0 aliphatic carbocycles. The van der Waals surface area contributed by atoms with Gasteiger partial charge in [-0.15, -0.1) is 0 Å². The van der Waals surface area contributed by atoms with E-state index < -0.39 is 0 Å². The SMILES string of the molecule is Cc1cccc2c(C(=O)N3CCCCCC3)cc(-c3ccc(Br)cc3)nc12. The predicted octanol–water partition coefficient (Wildman–Crippen LogP) is 5.99. The van der Waals surface area contributed by atoms with Crippen LogP contribution in [0.5, 0.6) is 0 Å². The first-order chi connectivity index (χ1) is 13.1. The van der Waals surface area contributed by atoms with E-state index in [1.807, 2.05) is 47.4 Å². The van der Waals surface area contributed by atoms with Gasteiger partial charge in [0.05, 0.1) is 16.8 Å². The Bertz CT molecular complexity index is 974. The van der Waals surface area contributed by atoms with Gasteiger partial charge >= 0.3 is 0 Å². The van der Waals surface area contributed by atoms with Gasteiger partial charge in [0.1, 0.15) is 0 Å². The molecule has 0 atom stereocenters. The van der Waals surface area contributed by atoms with Gasteiger partial charge in [-0.05, 0) is 43.5 Å². The number of para-hydroxylation sites is 1. The smallest absolute Gasteiger partial charge is 0.254 e. The van der Waals surface area contributed by atoms with E-state index in [1.165, 1.54) is 12.8 Å². The standard InChI is InChI=1S/C23H23BrN2O/c1-16-7-6-8-19-20(23(27)26-13-4-2-3-5-14-26)15-21(25-22(16)19)17-9-11-18(24)12-10-17/h6-12,15H,2-5,13-14H2,1H3. The number of nitrogens with zero attached hydrogens (tertiary/aromatic N) is 2. The number of fused-ring (bicyclic) bond motifs is 1. The average Bonchev–Trinajstić information content (AvgIpc) is 2.97. The number of benzene rings is 2. The zero-order valence-corrected chi connectivity index (χ0v) is 17.1. The lowest BCUT2D eigenvalue weighted by molar-refractivity contribution is 0.0763. The summed E-state index contributed by atoms with van der Waals surface area (Å²) in [6, 6.07) is 16.2. The number of aromatic nitrogens is 1. The van der Waals surface area contributed by atoms with Crippen LogP contribution in [0.4, 0.5) is 0 Å². The van der Waals surface area contributed by atoms with Crippen LogP contribution in [-0.4, -0.2) is 28.9 Å². The zero-order chi connectivity index (χ0) is 18.8. The van der Waals surface area contributed by atoms with Crippen molar-refractivity contribution in [2.75, 3.05) is 13.1 Å². The number of halogens is 1. The fourth-order valence-electron chi connectivity index (χ4n) is 3.78. The highest BCUT2D eigenvalue weighted by molar-refractivity contribution is 9.10. The van der Waals surface area contributed by atoms with Crippen LogP contribution < -0.4 is 0 Å². The minimum Gasteiger partial charge on any atom is -0.339 e. The third-order valence-electron chi connectivity index (χ3n) is 5.30. The Kier molecular flexibility index (Phi) is 5.26. The van der Waals surface area contributed by atoms with Gasteiger partial charge in [-0.1, -0.05) is 59.1 Å². The summed E-state index contributed by atoms with van der Waals surface area (Å²) < 4.78 is 1.03. The molecule has 138 valence electrons. The van der Waals surface area contributed by atoms with Crippen LogP contribution in [0.15, 0.2) is 53.0 Å². The third kappa shape index (κ3) is 3.77. The van der Waals surface area contributed by atoms with Crippen molar-refractivity contribution in [1.29, 1.82) is 0 Å². The van der Waals surface area contributed by atoms with Crippen molar-refractivity contribution in [3.05, 3.63) is 64.1 Å². The Labute approximate surface area is 168 Å². The number of pyridine rings is 1. The van der Waals surface area contributed by atoms with Crippen molar-refractivity contribution in [2.24, 2.45) is 0 Å².